The lowest BCUT2D eigenvalue weighted by molar-refractivity contribution is 0.0834. The molecule has 0 saturated carbocycles. The minimum Gasteiger partial charge on any atom is -0.494 e. The minimum absolute atomic E-state index is 0.114. The van der Waals surface area contributed by atoms with Crippen molar-refractivity contribution in [1.29, 1.82) is 0 Å². The number of benzene rings is 2. The zero-order valence-electron chi connectivity index (χ0n) is 24.4. The van der Waals surface area contributed by atoms with Gasteiger partial charge in [-0.3, -0.25) is 9.59 Å². The van der Waals surface area contributed by atoms with Gasteiger partial charge in [-0.25, -0.2) is 0 Å². The van der Waals surface area contributed by atoms with Gasteiger partial charge in [0, 0.05) is 36.1 Å². The van der Waals surface area contributed by atoms with Gasteiger partial charge >= 0.3 is 0 Å². The molecule has 6 nitrogen and oxygen atoms in total. The van der Waals surface area contributed by atoms with Crippen LogP contribution in [-0.2, 0) is 0 Å². The van der Waals surface area contributed by atoms with Gasteiger partial charge in [-0.05, 0) is 102 Å². The molecule has 210 valence electrons. The Hall–Kier alpha value is -2.70. The van der Waals surface area contributed by atoms with E-state index in [0.29, 0.717) is 50.3 Å². The van der Waals surface area contributed by atoms with E-state index < -0.39 is 0 Å². The Bertz CT molecular complexity index is 875. The van der Waals surface area contributed by atoms with Crippen LogP contribution in [0.5, 0.6) is 11.5 Å². The standard InChI is InChI=1S/C32H48N2O4/c1-7-9-21-37-29-17-13-25(14-18-29)31(35)27(23-33(3)4)11-12-28(24-34(5)6)32(36)26-15-19-30(20-16-26)38-22-10-8-2/h13-20,27-28H,7-12,21-24H2,1-6H3/t27-,28+. The van der Waals surface area contributed by atoms with E-state index in [1.54, 1.807) is 0 Å². The maximum Gasteiger partial charge on any atom is 0.167 e. The second-order valence-electron chi connectivity index (χ2n) is 10.7. The molecular formula is C32H48N2O4. The fraction of sp³-hybridized carbons (Fsp3) is 0.562. The first-order valence-corrected chi connectivity index (χ1v) is 14.1. The van der Waals surface area contributed by atoms with Crippen LogP contribution in [0.2, 0.25) is 0 Å². The zero-order chi connectivity index (χ0) is 27.9. The Balaban J connectivity index is 2.10. The third-order valence-electron chi connectivity index (χ3n) is 6.59. The maximum atomic E-state index is 13.5. The van der Waals surface area contributed by atoms with Crippen molar-refractivity contribution in [3.63, 3.8) is 0 Å². The SMILES string of the molecule is CCCCOc1ccc(C(=O)[C@H](CC[C@@H](CN(C)C)C(=O)c2ccc(OCCCC)cc2)CN(C)C)cc1. The predicted molar refractivity (Wildman–Crippen MR) is 156 cm³/mol. The van der Waals surface area contributed by atoms with Crippen LogP contribution in [0, 0.1) is 11.8 Å². The summed E-state index contributed by atoms with van der Waals surface area (Å²) in [6, 6.07) is 15.0. The molecule has 0 aromatic heterocycles. The molecule has 0 amide bonds. The van der Waals surface area contributed by atoms with Gasteiger partial charge in [0.25, 0.3) is 0 Å². The van der Waals surface area contributed by atoms with Gasteiger partial charge in [0.05, 0.1) is 13.2 Å². The molecule has 38 heavy (non-hydrogen) atoms. The largest absolute Gasteiger partial charge is 0.494 e. The van der Waals surface area contributed by atoms with E-state index in [-0.39, 0.29) is 23.4 Å². The first-order chi connectivity index (χ1) is 18.2. The molecule has 0 saturated heterocycles. The Morgan fingerprint density at radius 3 is 1.26 bits per heavy atom. The normalized spacial score (nSPS) is 12.9. The molecule has 0 bridgehead atoms. The summed E-state index contributed by atoms with van der Waals surface area (Å²) in [5, 5.41) is 0. The summed E-state index contributed by atoms with van der Waals surface area (Å²) in [4.78, 5) is 31.1. The van der Waals surface area contributed by atoms with E-state index in [1.807, 2.05) is 86.5 Å². The monoisotopic (exact) mass is 524 g/mol. The van der Waals surface area contributed by atoms with E-state index in [2.05, 4.69) is 13.8 Å². The Morgan fingerprint density at radius 2 is 0.974 bits per heavy atom. The van der Waals surface area contributed by atoms with Gasteiger partial charge in [0.15, 0.2) is 11.6 Å². The topological polar surface area (TPSA) is 59.1 Å². The lowest BCUT2D eigenvalue weighted by Crippen LogP contribution is -2.32. The fourth-order valence-corrected chi connectivity index (χ4v) is 4.47. The van der Waals surface area contributed by atoms with Crippen molar-refractivity contribution in [2.45, 2.75) is 52.4 Å². The Morgan fingerprint density at radius 1 is 0.632 bits per heavy atom. The summed E-state index contributed by atoms with van der Waals surface area (Å²) in [5.74, 6) is 1.43. The number of hydrogen-bond donors (Lipinski definition) is 0. The molecule has 0 N–H and O–H groups in total. The van der Waals surface area contributed by atoms with E-state index in [0.717, 1.165) is 37.2 Å². The first kappa shape index (κ1) is 31.5. The third kappa shape index (κ3) is 11.0. The van der Waals surface area contributed by atoms with E-state index >= 15 is 0 Å². The van der Waals surface area contributed by atoms with Crippen LogP contribution in [0.25, 0.3) is 0 Å². The minimum atomic E-state index is -0.191. The van der Waals surface area contributed by atoms with Crippen molar-refractivity contribution < 1.29 is 19.1 Å². The number of carbonyl (C=O) groups excluding carboxylic acids is 2. The molecule has 2 aromatic carbocycles. The van der Waals surface area contributed by atoms with Crippen molar-refractivity contribution in [3.05, 3.63) is 59.7 Å². The van der Waals surface area contributed by atoms with Gasteiger partial charge in [-0.2, -0.15) is 0 Å². The molecule has 0 aliphatic carbocycles. The molecule has 0 aliphatic heterocycles. The van der Waals surface area contributed by atoms with Gasteiger partial charge < -0.3 is 19.3 Å². The fourth-order valence-electron chi connectivity index (χ4n) is 4.47. The van der Waals surface area contributed by atoms with Gasteiger partial charge in [-0.1, -0.05) is 26.7 Å². The number of ether oxygens (including phenoxy) is 2. The van der Waals surface area contributed by atoms with Crippen LogP contribution in [0.3, 0.4) is 0 Å². The number of Topliss-reactive ketones (excluding diaryl/α,β-unsaturated/α-hetero) is 2. The van der Waals surface area contributed by atoms with Gasteiger partial charge in [0.1, 0.15) is 11.5 Å². The lowest BCUT2D eigenvalue weighted by Gasteiger charge is -2.24. The van der Waals surface area contributed by atoms with Crippen LogP contribution >= 0.6 is 0 Å². The third-order valence-corrected chi connectivity index (χ3v) is 6.59. The lowest BCUT2D eigenvalue weighted by atomic mass is 9.86. The van der Waals surface area contributed by atoms with E-state index in [9.17, 15) is 9.59 Å². The highest BCUT2D eigenvalue weighted by molar-refractivity contribution is 5.99. The molecular weight excluding hydrogens is 476 g/mol. The van der Waals surface area contributed by atoms with Crippen LogP contribution < -0.4 is 9.47 Å². The number of ketones is 2. The molecule has 0 spiro atoms. The summed E-state index contributed by atoms with van der Waals surface area (Å²) in [6.07, 6.45) is 5.48. The summed E-state index contributed by atoms with van der Waals surface area (Å²) >= 11 is 0. The van der Waals surface area contributed by atoms with Gasteiger partial charge in [0.2, 0.25) is 0 Å². The van der Waals surface area contributed by atoms with Crippen molar-refractivity contribution in [2.75, 3.05) is 54.5 Å². The van der Waals surface area contributed by atoms with E-state index in [1.165, 1.54) is 0 Å². The summed E-state index contributed by atoms with van der Waals surface area (Å²) in [7, 11) is 7.93. The number of hydrogen-bond acceptors (Lipinski definition) is 6. The number of rotatable bonds is 19. The van der Waals surface area contributed by atoms with Crippen LogP contribution in [-0.4, -0.2) is 75.9 Å². The van der Waals surface area contributed by atoms with Crippen molar-refractivity contribution >= 4 is 11.6 Å². The maximum absolute atomic E-state index is 13.5. The zero-order valence-corrected chi connectivity index (χ0v) is 24.4. The van der Waals surface area contributed by atoms with Gasteiger partial charge in [-0.15, -0.1) is 0 Å². The molecule has 6 heteroatoms. The van der Waals surface area contributed by atoms with Crippen molar-refractivity contribution in [3.8, 4) is 11.5 Å². The van der Waals surface area contributed by atoms with E-state index in [4.69, 9.17) is 9.47 Å². The summed E-state index contributed by atoms with van der Waals surface area (Å²) in [6.45, 7) is 6.91. The van der Waals surface area contributed by atoms with Crippen molar-refractivity contribution in [2.24, 2.45) is 11.8 Å². The first-order valence-electron chi connectivity index (χ1n) is 14.1. The molecule has 2 aromatic rings. The Kier molecular flexibility index (Phi) is 14.1. The summed E-state index contributed by atoms with van der Waals surface area (Å²) in [5.41, 5.74) is 1.38. The molecule has 2 atom stereocenters. The number of nitrogens with zero attached hydrogens (tertiary/aromatic N) is 2. The highest BCUT2D eigenvalue weighted by Crippen LogP contribution is 2.24. The van der Waals surface area contributed by atoms with Crippen LogP contribution in [0.15, 0.2) is 48.5 Å². The van der Waals surface area contributed by atoms with Crippen molar-refractivity contribution in [1.82, 2.24) is 9.80 Å². The smallest absolute Gasteiger partial charge is 0.167 e. The molecule has 0 heterocycles. The molecule has 0 unspecified atom stereocenters. The second kappa shape index (κ2) is 17.0. The molecule has 0 radical (unpaired) electrons. The molecule has 2 rings (SSSR count). The number of carbonyl (C=O) groups is 2. The highest BCUT2D eigenvalue weighted by Gasteiger charge is 2.26. The molecule has 0 fully saturated rings. The predicted octanol–water partition coefficient (Wildman–Crippen LogP) is 6.25. The average molecular weight is 525 g/mol. The summed E-state index contributed by atoms with van der Waals surface area (Å²) < 4.78 is 11.5. The quantitative estimate of drug-likeness (QED) is 0.160. The second-order valence-corrected chi connectivity index (χ2v) is 10.7. The molecule has 0 aliphatic rings. The van der Waals surface area contributed by atoms with Crippen LogP contribution in [0.4, 0.5) is 0 Å². The Labute approximate surface area is 230 Å². The van der Waals surface area contributed by atoms with Crippen LogP contribution in [0.1, 0.15) is 73.1 Å². The average Bonchev–Trinajstić information content (AvgIpc) is 2.90. The number of unbranched alkanes of at least 4 members (excludes halogenated alkanes) is 2. The highest BCUT2D eigenvalue weighted by atomic mass is 16.5.